The van der Waals surface area contributed by atoms with Crippen LogP contribution >= 0.6 is 23.4 Å². The molecule has 22 heavy (non-hydrogen) atoms. The zero-order chi connectivity index (χ0) is 15.8. The summed E-state index contributed by atoms with van der Waals surface area (Å²) in [6, 6.07) is 14.3. The van der Waals surface area contributed by atoms with Crippen molar-refractivity contribution in [3.63, 3.8) is 0 Å². The van der Waals surface area contributed by atoms with Crippen molar-refractivity contribution < 1.29 is 9.90 Å². The fourth-order valence-electron chi connectivity index (χ4n) is 1.64. The highest BCUT2D eigenvalue weighted by Gasteiger charge is 2.01. The summed E-state index contributed by atoms with van der Waals surface area (Å²) >= 11 is 7.30. The van der Waals surface area contributed by atoms with E-state index >= 15 is 0 Å². The number of amides is 1. The van der Waals surface area contributed by atoms with Crippen LogP contribution in [-0.4, -0.2) is 23.0 Å². The van der Waals surface area contributed by atoms with E-state index in [4.69, 9.17) is 11.6 Å². The second-order valence-electron chi connectivity index (χ2n) is 4.47. The second-order valence-corrected chi connectivity index (χ2v) is 5.89. The summed E-state index contributed by atoms with van der Waals surface area (Å²) in [6.45, 7) is 0. The Morgan fingerprint density at radius 2 is 1.95 bits per heavy atom. The first-order chi connectivity index (χ1) is 10.6. The number of hydrazone groups is 1. The summed E-state index contributed by atoms with van der Waals surface area (Å²) in [6.07, 6.45) is 1.41. The molecule has 0 aliphatic carbocycles. The molecule has 0 heterocycles. The predicted octanol–water partition coefficient (Wildman–Crippen LogP) is 3.43. The van der Waals surface area contributed by atoms with E-state index in [-0.39, 0.29) is 11.7 Å². The van der Waals surface area contributed by atoms with Crippen molar-refractivity contribution in [2.24, 2.45) is 5.10 Å². The number of hydrogen-bond acceptors (Lipinski definition) is 4. The van der Waals surface area contributed by atoms with Crippen molar-refractivity contribution >= 4 is 35.5 Å². The molecule has 0 radical (unpaired) electrons. The fourth-order valence-corrected chi connectivity index (χ4v) is 2.55. The number of phenols is 1. The van der Waals surface area contributed by atoms with Crippen molar-refractivity contribution in [1.82, 2.24) is 5.43 Å². The van der Waals surface area contributed by atoms with Gasteiger partial charge in [-0.15, -0.1) is 11.8 Å². The molecule has 2 N–H and O–H groups in total. The van der Waals surface area contributed by atoms with Crippen molar-refractivity contribution in [2.75, 3.05) is 5.75 Å². The molecule has 6 heteroatoms. The van der Waals surface area contributed by atoms with Gasteiger partial charge in [0, 0.05) is 16.3 Å². The van der Waals surface area contributed by atoms with Crippen LogP contribution in [-0.2, 0) is 10.5 Å². The molecule has 0 atom stereocenters. The normalized spacial score (nSPS) is 10.8. The molecule has 2 aromatic carbocycles. The molecule has 114 valence electrons. The SMILES string of the molecule is O=C(CSCc1ccc(Cl)cc1)N/N=C/c1ccccc1O. The van der Waals surface area contributed by atoms with Crippen molar-refractivity contribution in [3.05, 3.63) is 64.7 Å². The fraction of sp³-hybridized carbons (Fsp3) is 0.125. The number of thioether (sulfide) groups is 1. The number of phenolic OH excluding ortho intramolecular Hbond substituents is 1. The number of aromatic hydroxyl groups is 1. The van der Waals surface area contributed by atoms with Crippen LogP contribution in [0.15, 0.2) is 53.6 Å². The highest BCUT2D eigenvalue weighted by molar-refractivity contribution is 7.99. The van der Waals surface area contributed by atoms with E-state index in [2.05, 4.69) is 10.5 Å². The highest BCUT2D eigenvalue weighted by atomic mass is 35.5. The van der Waals surface area contributed by atoms with Gasteiger partial charge in [-0.05, 0) is 29.8 Å². The summed E-state index contributed by atoms with van der Waals surface area (Å²) in [5, 5.41) is 14.1. The lowest BCUT2D eigenvalue weighted by Gasteiger charge is -2.02. The lowest BCUT2D eigenvalue weighted by Crippen LogP contribution is -2.19. The van der Waals surface area contributed by atoms with Crippen LogP contribution in [0.1, 0.15) is 11.1 Å². The van der Waals surface area contributed by atoms with E-state index < -0.39 is 0 Å². The second kappa shape index (κ2) is 8.46. The average molecular weight is 335 g/mol. The van der Waals surface area contributed by atoms with Gasteiger partial charge in [-0.3, -0.25) is 4.79 Å². The molecule has 2 rings (SSSR count). The van der Waals surface area contributed by atoms with Gasteiger partial charge < -0.3 is 5.11 Å². The quantitative estimate of drug-likeness (QED) is 0.628. The maximum absolute atomic E-state index is 11.6. The molecular weight excluding hydrogens is 320 g/mol. The summed E-state index contributed by atoms with van der Waals surface area (Å²) in [7, 11) is 0. The molecule has 0 saturated heterocycles. The van der Waals surface area contributed by atoms with Gasteiger partial charge in [-0.2, -0.15) is 5.10 Å². The first-order valence-electron chi connectivity index (χ1n) is 6.57. The molecule has 0 fully saturated rings. The lowest BCUT2D eigenvalue weighted by molar-refractivity contribution is -0.118. The molecule has 0 unspecified atom stereocenters. The third kappa shape index (κ3) is 5.42. The number of halogens is 1. The summed E-state index contributed by atoms with van der Waals surface area (Å²) in [5.41, 5.74) is 4.09. The molecular formula is C16H15ClN2O2S. The Hall–Kier alpha value is -1.98. The van der Waals surface area contributed by atoms with E-state index in [0.29, 0.717) is 16.3 Å². The number of carbonyl (C=O) groups excluding carboxylic acids is 1. The van der Waals surface area contributed by atoms with Gasteiger partial charge in [0.05, 0.1) is 12.0 Å². The van der Waals surface area contributed by atoms with Crippen LogP contribution in [0.5, 0.6) is 5.75 Å². The summed E-state index contributed by atoms with van der Waals surface area (Å²) < 4.78 is 0. The van der Waals surface area contributed by atoms with Crippen LogP contribution in [0.3, 0.4) is 0 Å². The maximum atomic E-state index is 11.6. The first kappa shape index (κ1) is 16.4. The van der Waals surface area contributed by atoms with Crippen molar-refractivity contribution in [2.45, 2.75) is 5.75 Å². The third-order valence-electron chi connectivity index (χ3n) is 2.74. The van der Waals surface area contributed by atoms with Gasteiger partial charge in [-0.25, -0.2) is 5.43 Å². The van der Waals surface area contributed by atoms with Crippen LogP contribution < -0.4 is 5.43 Å². The largest absolute Gasteiger partial charge is 0.507 e. The average Bonchev–Trinajstić information content (AvgIpc) is 2.51. The first-order valence-corrected chi connectivity index (χ1v) is 8.10. The number of nitrogens with one attached hydrogen (secondary N) is 1. The maximum Gasteiger partial charge on any atom is 0.250 e. The molecule has 4 nitrogen and oxygen atoms in total. The van der Waals surface area contributed by atoms with Crippen molar-refractivity contribution in [3.8, 4) is 5.75 Å². The minimum absolute atomic E-state index is 0.123. The topological polar surface area (TPSA) is 61.7 Å². The third-order valence-corrected chi connectivity index (χ3v) is 4.00. The van der Waals surface area contributed by atoms with Crippen LogP contribution in [0.25, 0.3) is 0 Å². The van der Waals surface area contributed by atoms with Crippen LogP contribution in [0.4, 0.5) is 0 Å². The molecule has 2 aromatic rings. The minimum atomic E-state index is -0.189. The molecule has 0 aliphatic heterocycles. The smallest absolute Gasteiger partial charge is 0.250 e. The van der Waals surface area contributed by atoms with E-state index in [9.17, 15) is 9.90 Å². The Balaban J connectivity index is 1.72. The monoisotopic (exact) mass is 334 g/mol. The van der Waals surface area contributed by atoms with Gasteiger partial charge >= 0.3 is 0 Å². The van der Waals surface area contributed by atoms with E-state index in [1.807, 2.05) is 24.3 Å². The van der Waals surface area contributed by atoms with Gasteiger partial charge in [0.1, 0.15) is 5.75 Å². The molecule has 0 aromatic heterocycles. The molecule has 0 spiro atoms. The van der Waals surface area contributed by atoms with E-state index in [1.165, 1.54) is 18.0 Å². The standard InChI is InChI=1S/C16H15ClN2O2S/c17-14-7-5-12(6-8-14)10-22-11-16(21)19-18-9-13-3-1-2-4-15(13)20/h1-9,20H,10-11H2,(H,19,21)/b18-9+. The van der Waals surface area contributed by atoms with Crippen LogP contribution in [0.2, 0.25) is 5.02 Å². The van der Waals surface area contributed by atoms with Crippen LogP contribution in [0, 0.1) is 0 Å². The zero-order valence-electron chi connectivity index (χ0n) is 11.7. The molecule has 0 saturated carbocycles. The Bertz CT molecular complexity index is 659. The number of benzene rings is 2. The number of rotatable bonds is 6. The van der Waals surface area contributed by atoms with Gasteiger partial charge in [0.2, 0.25) is 5.91 Å². The number of hydrogen-bond donors (Lipinski definition) is 2. The summed E-state index contributed by atoms with van der Waals surface area (Å²) in [5.74, 6) is 0.970. The Kier molecular flexibility index (Phi) is 6.30. The van der Waals surface area contributed by atoms with Crippen molar-refractivity contribution in [1.29, 1.82) is 0 Å². The molecule has 0 aliphatic rings. The Labute approximate surface area is 138 Å². The van der Waals surface area contributed by atoms with Gasteiger partial charge in [0.15, 0.2) is 0 Å². The molecule has 0 bridgehead atoms. The van der Waals surface area contributed by atoms with E-state index in [1.54, 1.807) is 24.3 Å². The predicted molar refractivity (Wildman–Crippen MR) is 91.5 cm³/mol. The van der Waals surface area contributed by atoms with Gasteiger partial charge in [-0.1, -0.05) is 35.9 Å². The number of para-hydroxylation sites is 1. The lowest BCUT2D eigenvalue weighted by atomic mass is 10.2. The number of nitrogens with zero attached hydrogens (tertiary/aromatic N) is 1. The van der Waals surface area contributed by atoms with E-state index in [0.717, 1.165) is 11.3 Å². The zero-order valence-corrected chi connectivity index (χ0v) is 13.3. The highest BCUT2D eigenvalue weighted by Crippen LogP contribution is 2.15. The Morgan fingerprint density at radius 3 is 2.68 bits per heavy atom. The minimum Gasteiger partial charge on any atom is -0.507 e. The molecule has 1 amide bonds. The summed E-state index contributed by atoms with van der Waals surface area (Å²) in [4.78, 5) is 11.6. The van der Waals surface area contributed by atoms with Gasteiger partial charge in [0.25, 0.3) is 0 Å². The Morgan fingerprint density at radius 1 is 1.23 bits per heavy atom. The number of carbonyl (C=O) groups is 1.